The van der Waals surface area contributed by atoms with Gasteiger partial charge >= 0.3 is 17.9 Å². The minimum absolute atomic E-state index is 0.101. The summed E-state index contributed by atoms with van der Waals surface area (Å²) in [5, 5.41) is 0. The largest absolute Gasteiger partial charge is 0.462 e. The van der Waals surface area contributed by atoms with E-state index in [1.54, 1.807) is 0 Å². The highest BCUT2D eigenvalue weighted by Gasteiger charge is 2.19. The van der Waals surface area contributed by atoms with E-state index in [4.69, 9.17) is 14.2 Å². The lowest BCUT2D eigenvalue weighted by atomic mass is 10.1. The van der Waals surface area contributed by atoms with E-state index < -0.39 is 6.10 Å². The topological polar surface area (TPSA) is 78.9 Å². The molecule has 0 saturated carbocycles. The Morgan fingerprint density at radius 3 is 1.03 bits per heavy atom. The second kappa shape index (κ2) is 47.0. The van der Waals surface area contributed by atoms with Crippen LogP contribution >= 0.6 is 0 Å². The first-order valence-electron chi connectivity index (χ1n) is 23.8. The minimum atomic E-state index is -0.801. The quantitative estimate of drug-likeness (QED) is 0.0265. The highest BCUT2D eigenvalue weighted by Crippen LogP contribution is 2.13. The third-order valence-corrected chi connectivity index (χ3v) is 9.70. The van der Waals surface area contributed by atoms with Crippen LogP contribution in [0.15, 0.2) is 97.2 Å². The molecule has 0 aliphatic carbocycles. The maximum absolute atomic E-state index is 12.7. The zero-order chi connectivity index (χ0) is 43.0. The number of unbranched alkanes of at least 4 members (excludes halogenated alkanes) is 19. The first kappa shape index (κ1) is 55.3. The molecule has 1 atom stereocenters. The summed E-state index contributed by atoms with van der Waals surface area (Å²) >= 11 is 0. The molecule has 0 aliphatic heterocycles. The summed E-state index contributed by atoms with van der Waals surface area (Å²) in [5.41, 5.74) is 0. The fourth-order valence-corrected chi connectivity index (χ4v) is 6.14. The van der Waals surface area contributed by atoms with Gasteiger partial charge in [-0.25, -0.2) is 0 Å². The molecule has 0 aromatic heterocycles. The summed E-state index contributed by atoms with van der Waals surface area (Å²) in [6.45, 7) is 6.27. The van der Waals surface area contributed by atoms with Gasteiger partial charge in [0.1, 0.15) is 13.2 Å². The second-order valence-electron chi connectivity index (χ2n) is 15.4. The van der Waals surface area contributed by atoms with Gasteiger partial charge in [-0.3, -0.25) is 14.4 Å². The average Bonchev–Trinajstić information content (AvgIpc) is 3.23. The maximum Gasteiger partial charge on any atom is 0.306 e. The number of carbonyl (C=O) groups is 3. The van der Waals surface area contributed by atoms with Crippen LogP contribution in [0.4, 0.5) is 0 Å². The molecule has 0 bridgehead atoms. The molecule has 0 spiro atoms. The van der Waals surface area contributed by atoms with Crippen LogP contribution in [-0.2, 0) is 28.6 Å². The molecule has 0 amide bonds. The first-order chi connectivity index (χ1) is 29.0. The van der Waals surface area contributed by atoms with E-state index in [-0.39, 0.29) is 31.1 Å². The maximum atomic E-state index is 12.7. The molecule has 0 aromatic carbocycles. The van der Waals surface area contributed by atoms with E-state index in [0.717, 1.165) is 116 Å². The summed E-state index contributed by atoms with van der Waals surface area (Å²) in [6, 6.07) is 0. The van der Waals surface area contributed by atoms with Crippen LogP contribution < -0.4 is 0 Å². The monoisotopic (exact) mass is 819 g/mol. The Morgan fingerprint density at radius 1 is 0.356 bits per heavy atom. The Kier molecular flexibility index (Phi) is 44.1. The van der Waals surface area contributed by atoms with Crippen molar-refractivity contribution < 1.29 is 28.6 Å². The van der Waals surface area contributed by atoms with Crippen molar-refractivity contribution in [3.8, 4) is 0 Å². The first-order valence-corrected chi connectivity index (χ1v) is 23.8. The van der Waals surface area contributed by atoms with E-state index >= 15 is 0 Å². The molecule has 0 rings (SSSR count). The van der Waals surface area contributed by atoms with Gasteiger partial charge < -0.3 is 14.2 Å². The van der Waals surface area contributed by atoms with Crippen molar-refractivity contribution in [1.29, 1.82) is 0 Å². The van der Waals surface area contributed by atoms with E-state index in [1.807, 2.05) is 6.08 Å². The molecule has 6 heteroatoms. The molecule has 0 fully saturated rings. The number of allylic oxidation sites excluding steroid dienone is 16. The van der Waals surface area contributed by atoms with Crippen LogP contribution in [0, 0.1) is 0 Å². The normalized spacial score (nSPS) is 12.9. The number of esters is 3. The lowest BCUT2D eigenvalue weighted by Gasteiger charge is -2.18. The van der Waals surface area contributed by atoms with E-state index in [1.165, 1.54) is 44.9 Å². The van der Waals surface area contributed by atoms with Crippen molar-refractivity contribution in [1.82, 2.24) is 0 Å². The lowest BCUT2D eigenvalue weighted by molar-refractivity contribution is -0.167. The van der Waals surface area contributed by atoms with Crippen LogP contribution in [0.3, 0.4) is 0 Å². The molecule has 59 heavy (non-hydrogen) atoms. The minimum Gasteiger partial charge on any atom is -0.462 e. The zero-order valence-corrected chi connectivity index (χ0v) is 38.0. The smallest absolute Gasteiger partial charge is 0.306 e. The van der Waals surface area contributed by atoms with Gasteiger partial charge in [-0.05, 0) is 83.5 Å². The Hall–Kier alpha value is -3.67. The van der Waals surface area contributed by atoms with Gasteiger partial charge in [0.25, 0.3) is 0 Å². The number of carbonyl (C=O) groups excluding carboxylic acids is 3. The molecular formula is C53H86O6. The fourth-order valence-electron chi connectivity index (χ4n) is 6.14. The van der Waals surface area contributed by atoms with E-state index in [9.17, 15) is 14.4 Å². The number of hydrogen-bond donors (Lipinski definition) is 0. The molecule has 0 N–H and O–H groups in total. The summed E-state index contributed by atoms with van der Waals surface area (Å²) in [7, 11) is 0. The van der Waals surface area contributed by atoms with Gasteiger partial charge in [0.2, 0.25) is 0 Å². The van der Waals surface area contributed by atoms with Gasteiger partial charge in [0.05, 0.1) is 0 Å². The molecule has 0 heterocycles. The number of hydrogen-bond acceptors (Lipinski definition) is 6. The Labute approximate surface area is 362 Å². The highest BCUT2D eigenvalue weighted by molar-refractivity contribution is 5.71. The van der Waals surface area contributed by atoms with Crippen molar-refractivity contribution in [2.45, 2.75) is 207 Å². The van der Waals surface area contributed by atoms with Crippen LogP contribution in [0.2, 0.25) is 0 Å². The number of ether oxygens (including phenoxy) is 3. The van der Waals surface area contributed by atoms with Gasteiger partial charge in [0.15, 0.2) is 6.10 Å². The fraction of sp³-hybridized carbons (Fsp3) is 0.642. The summed E-state index contributed by atoms with van der Waals surface area (Å²) in [4.78, 5) is 37.8. The van der Waals surface area contributed by atoms with Gasteiger partial charge in [-0.15, -0.1) is 0 Å². The third-order valence-electron chi connectivity index (χ3n) is 9.70. The van der Waals surface area contributed by atoms with Crippen LogP contribution in [0.1, 0.15) is 201 Å². The predicted molar refractivity (Wildman–Crippen MR) is 251 cm³/mol. The lowest BCUT2D eigenvalue weighted by Crippen LogP contribution is -2.30. The third kappa shape index (κ3) is 45.3. The summed E-state index contributed by atoms with van der Waals surface area (Å²) in [5.74, 6) is -0.961. The van der Waals surface area contributed by atoms with Crippen LogP contribution in [-0.4, -0.2) is 37.2 Å². The van der Waals surface area contributed by atoms with E-state index in [0.29, 0.717) is 19.3 Å². The van der Waals surface area contributed by atoms with Crippen molar-refractivity contribution in [2.75, 3.05) is 13.2 Å². The van der Waals surface area contributed by atoms with E-state index in [2.05, 4.69) is 112 Å². The molecule has 1 unspecified atom stereocenters. The summed E-state index contributed by atoms with van der Waals surface area (Å²) in [6.07, 6.45) is 61.0. The van der Waals surface area contributed by atoms with Crippen molar-refractivity contribution >= 4 is 17.9 Å². The summed E-state index contributed by atoms with van der Waals surface area (Å²) < 4.78 is 16.7. The molecule has 6 nitrogen and oxygen atoms in total. The Bertz CT molecular complexity index is 1220. The van der Waals surface area contributed by atoms with Crippen molar-refractivity contribution in [3.05, 3.63) is 97.2 Å². The van der Waals surface area contributed by atoms with Gasteiger partial charge in [-0.1, -0.05) is 195 Å². The van der Waals surface area contributed by atoms with Crippen molar-refractivity contribution in [3.63, 3.8) is 0 Å². The molecule has 0 aliphatic rings. The van der Waals surface area contributed by atoms with Crippen LogP contribution in [0.25, 0.3) is 0 Å². The molecule has 0 aromatic rings. The standard InChI is InChI=1S/C53H86O6/c1-4-7-10-13-16-19-22-25-26-29-31-34-37-40-43-46-52(55)58-49-50(59-53(56)47-44-41-38-35-32-28-24-21-18-15-12-9-6-3)48-57-51(54)45-42-39-36-33-30-27-23-20-17-14-11-8-5-2/h8-9,11-12,14-25,50H,4-7,10,13,26-49H2,1-3H3/b11-8-,12-9-,17-14-,18-15-,19-16-,23-20-,24-21-,25-22-. The van der Waals surface area contributed by atoms with Crippen LogP contribution in [0.5, 0.6) is 0 Å². The molecular weight excluding hydrogens is 733 g/mol. The number of rotatable bonds is 41. The molecule has 0 saturated heterocycles. The predicted octanol–water partition coefficient (Wildman–Crippen LogP) is 15.4. The Balaban J connectivity index is 4.48. The highest BCUT2D eigenvalue weighted by atomic mass is 16.6. The van der Waals surface area contributed by atoms with Crippen molar-refractivity contribution in [2.24, 2.45) is 0 Å². The Morgan fingerprint density at radius 2 is 0.661 bits per heavy atom. The SMILES string of the molecule is CC\C=C/C=C\C=C/CCCCCCCC(=O)OCC(COC(=O)CCCCCCCC/C=C\C=C/CCCCC)OC(=O)CCCCCCC\C=C/C=C\C=C/CC. The van der Waals surface area contributed by atoms with Gasteiger partial charge in [-0.2, -0.15) is 0 Å². The second-order valence-corrected chi connectivity index (χ2v) is 15.4. The average molecular weight is 819 g/mol. The van der Waals surface area contributed by atoms with Gasteiger partial charge in [0, 0.05) is 19.3 Å². The molecule has 0 radical (unpaired) electrons. The molecule has 334 valence electrons. The zero-order valence-electron chi connectivity index (χ0n) is 38.0.